The second kappa shape index (κ2) is 5.14. The fourth-order valence-electron chi connectivity index (χ4n) is 4.44. The van der Waals surface area contributed by atoms with Gasteiger partial charge in [-0.05, 0) is 36.5 Å². The fraction of sp³-hybridized carbons (Fsp3) is 0.444. The molecule has 8 heteroatoms. The van der Waals surface area contributed by atoms with Crippen LogP contribution in [0.25, 0.3) is 0 Å². The number of piperidine rings is 2. The standard InChI is InChI=1S/C18H18N4O4/c19-15-11-6-21(7-12(11)15)8-1-2-9-10(5-8)18(26)22(17(9)25)13-3-4-14(23)20-16(13)24/h1-2,5,11-13,15H,3-4,6-7,19H2,(H,20,23,24)/t11-,12+,13?,15?. The van der Waals surface area contributed by atoms with Gasteiger partial charge in [0.2, 0.25) is 11.8 Å². The molecular weight excluding hydrogens is 336 g/mol. The first kappa shape index (κ1) is 15.5. The van der Waals surface area contributed by atoms with Crippen molar-refractivity contribution in [2.24, 2.45) is 17.6 Å². The smallest absolute Gasteiger partial charge is 0.262 e. The van der Waals surface area contributed by atoms with Crippen molar-refractivity contribution in [3.05, 3.63) is 29.3 Å². The lowest BCUT2D eigenvalue weighted by atomic mass is 10.0. The van der Waals surface area contributed by atoms with Crippen molar-refractivity contribution in [2.45, 2.75) is 24.9 Å². The molecule has 1 aromatic rings. The van der Waals surface area contributed by atoms with Gasteiger partial charge in [-0.2, -0.15) is 0 Å². The summed E-state index contributed by atoms with van der Waals surface area (Å²) in [6.45, 7) is 1.73. The molecule has 8 nitrogen and oxygen atoms in total. The third-order valence-electron chi connectivity index (χ3n) is 6.05. The fourth-order valence-corrected chi connectivity index (χ4v) is 4.44. The Bertz CT molecular complexity index is 870. The van der Waals surface area contributed by atoms with Crippen molar-refractivity contribution in [3.63, 3.8) is 0 Å². The van der Waals surface area contributed by atoms with Gasteiger partial charge >= 0.3 is 0 Å². The summed E-state index contributed by atoms with van der Waals surface area (Å²) >= 11 is 0. The summed E-state index contributed by atoms with van der Waals surface area (Å²) in [5.74, 6) is -0.888. The number of nitrogens with one attached hydrogen (secondary N) is 1. The summed E-state index contributed by atoms with van der Waals surface area (Å²) in [4.78, 5) is 52.1. The maximum Gasteiger partial charge on any atom is 0.262 e. The number of fused-ring (bicyclic) bond motifs is 2. The van der Waals surface area contributed by atoms with Gasteiger partial charge in [0, 0.05) is 31.2 Å². The molecule has 1 saturated carbocycles. The molecule has 2 unspecified atom stereocenters. The number of amides is 4. The molecule has 3 heterocycles. The van der Waals surface area contributed by atoms with Crippen molar-refractivity contribution in [1.82, 2.24) is 10.2 Å². The Labute approximate surface area is 149 Å². The number of hydrogen-bond donors (Lipinski definition) is 2. The van der Waals surface area contributed by atoms with E-state index in [1.165, 1.54) is 0 Å². The Morgan fingerprint density at radius 1 is 1.00 bits per heavy atom. The van der Waals surface area contributed by atoms with Crippen molar-refractivity contribution in [3.8, 4) is 0 Å². The number of nitrogens with zero attached hydrogens (tertiary/aromatic N) is 2. The van der Waals surface area contributed by atoms with Crippen LogP contribution in [-0.4, -0.2) is 53.7 Å². The first-order valence-electron chi connectivity index (χ1n) is 8.82. The molecule has 1 aromatic carbocycles. The molecule has 4 aliphatic rings. The first-order chi connectivity index (χ1) is 12.5. The maximum atomic E-state index is 12.8. The average Bonchev–Trinajstić information content (AvgIpc) is 2.97. The Balaban J connectivity index is 1.42. The normalized spacial score (nSPS) is 32.7. The van der Waals surface area contributed by atoms with Crippen LogP contribution in [0.4, 0.5) is 5.69 Å². The highest BCUT2D eigenvalue weighted by Gasteiger charge is 2.54. The zero-order valence-electron chi connectivity index (χ0n) is 14.0. The number of hydrogen-bond acceptors (Lipinski definition) is 6. The quantitative estimate of drug-likeness (QED) is 0.691. The topological polar surface area (TPSA) is 113 Å². The highest BCUT2D eigenvalue weighted by Crippen LogP contribution is 2.45. The number of anilines is 1. The Hall–Kier alpha value is -2.74. The van der Waals surface area contributed by atoms with Gasteiger partial charge in [0.25, 0.3) is 11.8 Å². The lowest BCUT2D eigenvalue weighted by molar-refractivity contribution is -0.136. The van der Waals surface area contributed by atoms with Crippen LogP contribution >= 0.6 is 0 Å². The third-order valence-corrected chi connectivity index (χ3v) is 6.05. The van der Waals surface area contributed by atoms with Gasteiger partial charge < -0.3 is 10.6 Å². The van der Waals surface area contributed by atoms with Gasteiger partial charge in [-0.1, -0.05) is 0 Å². The monoisotopic (exact) mass is 354 g/mol. The molecule has 0 radical (unpaired) electrons. The largest absolute Gasteiger partial charge is 0.371 e. The van der Waals surface area contributed by atoms with Crippen LogP contribution in [0, 0.1) is 11.8 Å². The molecule has 0 bridgehead atoms. The van der Waals surface area contributed by atoms with Crippen LogP contribution < -0.4 is 16.0 Å². The predicted octanol–water partition coefficient (Wildman–Crippen LogP) is -0.519. The molecule has 3 aliphatic heterocycles. The Kier molecular flexibility index (Phi) is 3.06. The van der Waals surface area contributed by atoms with Crippen LogP contribution in [0.1, 0.15) is 33.6 Å². The molecule has 3 N–H and O–H groups in total. The molecule has 2 saturated heterocycles. The van der Waals surface area contributed by atoms with Crippen LogP contribution in [-0.2, 0) is 9.59 Å². The first-order valence-corrected chi connectivity index (χ1v) is 8.82. The van der Waals surface area contributed by atoms with Gasteiger partial charge in [0.05, 0.1) is 11.1 Å². The minimum absolute atomic E-state index is 0.117. The number of benzene rings is 1. The second-order valence-corrected chi connectivity index (χ2v) is 7.49. The molecule has 0 aromatic heterocycles. The number of rotatable bonds is 2. The van der Waals surface area contributed by atoms with E-state index >= 15 is 0 Å². The summed E-state index contributed by atoms with van der Waals surface area (Å²) in [6.07, 6.45) is 0.280. The van der Waals surface area contributed by atoms with Crippen LogP contribution in [0.5, 0.6) is 0 Å². The molecule has 4 atom stereocenters. The van der Waals surface area contributed by atoms with Gasteiger partial charge in [0.15, 0.2) is 0 Å². The molecule has 4 amide bonds. The van der Waals surface area contributed by atoms with E-state index in [1.54, 1.807) is 12.1 Å². The van der Waals surface area contributed by atoms with Gasteiger partial charge in [0.1, 0.15) is 6.04 Å². The minimum Gasteiger partial charge on any atom is -0.371 e. The SMILES string of the molecule is NC1[C@H]2CN(c3ccc4c(c3)C(=O)N(C3CCC(=O)NC3=O)C4=O)C[C@@H]12. The number of carbonyl (C=O) groups excluding carboxylic acids is 4. The van der Waals surface area contributed by atoms with E-state index in [-0.39, 0.29) is 24.8 Å². The molecule has 134 valence electrons. The van der Waals surface area contributed by atoms with Crippen LogP contribution in [0.3, 0.4) is 0 Å². The van der Waals surface area contributed by atoms with Crippen molar-refractivity contribution in [2.75, 3.05) is 18.0 Å². The molecule has 3 fully saturated rings. The highest BCUT2D eigenvalue weighted by atomic mass is 16.2. The summed E-state index contributed by atoms with van der Waals surface area (Å²) < 4.78 is 0. The van der Waals surface area contributed by atoms with Gasteiger partial charge in [-0.15, -0.1) is 0 Å². The summed E-state index contributed by atoms with van der Waals surface area (Å²) in [6, 6.07) is 4.58. The minimum atomic E-state index is -0.930. The van der Waals surface area contributed by atoms with E-state index in [9.17, 15) is 19.2 Å². The summed E-state index contributed by atoms with van der Waals surface area (Å²) in [5.41, 5.74) is 7.50. The Morgan fingerprint density at radius 2 is 1.69 bits per heavy atom. The van der Waals surface area contributed by atoms with Gasteiger partial charge in [-0.3, -0.25) is 29.4 Å². The van der Waals surface area contributed by atoms with Crippen LogP contribution in [0.2, 0.25) is 0 Å². The van der Waals surface area contributed by atoms with Crippen LogP contribution in [0.15, 0.2) is 18.2 Å². The zero-order chi connectivity index (χ0) is 18.2. The maximum absolute atomic E-state index is 12.8. The third kappa shape index (κ3) is 2.05. The zero-order valence-corrected chi connectivity index (χ0v) is 14.0. The molecule has 26 heavy (non-hydrogen) atoms. The van der Waals surface area contributed by atoms with E-state index in [4.69, 9.17) is 5.73 Å². The second-order valence-electron chi connectivity index (χ2n) is 7.49. The molecule has 5 rings (SSSR count). The van der Waals surface area contributed by atoms with Crippen molar-refractivity contribution in [1.29, 1.82) is 0 Å². The predicted molar refractivity (Wildman–Crippen MR) is 90.3 cm³/mol. The summed E-state index contributed by atoms with van der Waals surface area (Å²) in [5, 5.41) is 2.20. The van der Waals surface area contributed by atoms with Gasteiger partial charge in [-0.25, -0.2) is 0 Å². The Morgan fingerprint density at radius 3 is 2.38 bits per heavy atom. The van der Waals surface area contributed by atoms with E-state index in [0.29, 0.717) is 23.0 Å². The van der Waals surface area contributed by atoms with E-state index < -0.39 is 23.8 Å². The van der Waals surface area contributed by atoms with Crippen molar-refractivity contribution < 1.29 is 19.2 Å². The number of carbonyl (C=O) groups is 4. The lowest BCUT2D eigenvalue weighted by Crippen LogP contribution is -2.54. The van der Waals surface area contributed by atoms with E-state index in [1.807, 2.05) is 6.07 Å². The van der Waals surface area contributed by atoms with E-state index in [2.05, 4.69) is 10.2 Å². The number of nitrogens with two attached hydrogens (primary N) is 1. The lowest BCUT2D eigenvalue weighted by Gasteiger charge is -2.27. The van der Waals surface area contributed by atoms with Crippen molar-refractivity contribution >= 4 is 29.3 Å². The average molecular weight is 354 g/mol. The molecule has 0 spiro atoms. The summed E-state index contributed by atoms with van der Waals surface area (Å²) in [7, 11) is 0. The highest BCUT2D eigenvalue weighted by molar-refractivity contribution is 6.23. The number of imide groups is 2. The van der Waals surface area contributed by atoms with E-state index in [0.717, 1.165) is 23.7 Å². The molecular formula is C18H18N4O4. The molecule has 1 aliphatic carbocycles.